The number of aromatic nitrogens is 8. The Bertz CT molecular complexity index is 4400. The van der Waals surface area contributed by atoms with Crippen molar-refractivity contribution in [3.63, 3.8) is 0 Å². The molecule has 26 heteroatoms. The zero-order valence-corrected chi connectivity index (χ0v) is 52.7. The standard InChI is InChI=1S/C28H30FN3O4.C11H12BrN3O2.C11H11BrN2O3.C9H7BrN2O3/c1-7-30-26(33)22-13-20-24(31-22)21(14-32(6)27(20)34)19-12-17(28(4,5)35)8-9-23(19)36-25-15(2)10-18(29)11-16(25)3;1-3-13-10(16)8-4-6-9(14-8)7(12)5-15(2)11(6)17;1-3-17-11(16)8-4-6-9(13-8)7(12)5-14(2)10(6)15;1-12-3-5(10)7-4(8(12)13)2-6(11-7)9(14)15/h8-14,31,35H,7H2,1-6H3,(H,30,33);4-5,14H,3H2,1-2H3,(H,13,16);4-5,13H,3H2,1-2H3;2-3,11H,1H3,(H,14,15). The predicted molar refractivity (Wildman–Crippen MR) is 333 cm³/mol. The Morgan fingerprint density at radius 1 is 0.576 bits per heavy atom. The van der Waals surface area contributed by atoms with Crippen LogP contribution >= 0.6 is 47.8 Å². The molecule has 85 heavy (non-hydrogen) atoms. The molecule has 8 heterocycles. The fourth-order valence-electron chi connectivity index (χ4n) is 9.00. The molecule has 0 unspecified atom stereocenters. The number of rotatable bonds is 11. The van der Waals surface area contributed by atoms with Crippen LogP contribution in [0.5, 0.6) is 11.5 Å². The number of aromatic carboxylic acids is 1. The molecule has 8 N–H and O–H groups in total. The van der Waals surface area contributed by atoms with Gasteiger partial charge in [-0.1, -0.05) is 6.07 Å². The summed E-state index contributed by atoms with van der Waals surface area (Å²) >= 11 is 9.96. The van der Waals surface area contributed by atoms with Crippen molar-refractivity contribution in [2.24, 2.45) is 28.2 Å². The second kappa shape index (κ2) is 26.1. The van der Waals surface area contributed by atoms with Crippen LogP contribution in [0.1, 0.15) is 93.3 Å². The number of aliphatic hydroxyl groups is 1. The number of hydrogen-bond acceptors (Lipinski definition) is 11. The maximum atomic E-state index is 13.9. The molecule has 0 radical (unpaired) electrons. The molecule has 0 saturated heterocycles. The first-order chi connectivity index (χ1) is 40.0. The van der Waals surface area contributed by atoms with E-state index in [1.165, 1.54) is 42.5 Å². The molecule has 2 aromatic carbocycles. The van der Waals surface area contributed by atoms with E-state index in [1.807, 2.05) is 13.8 Å². The summed E-state index contributed by atoms with van der Waals surface area (Å²) in [7, 11) is 6.58. The summed E-state index contributed by atoms with van der Waals surface area (Å²) < 4.78 is 33.0. The van der Waals surface area contributed by atoms with Crippen molar-refractivity contribution in [2.45, 2.75) is 54.1 Å². The number of carbonyl (C=O) groups is 4. The third-order valence-corrected chi connectivity index (χ3v) is 15.0. The highest BCUT2D eigenvalue weighted by Crippen LogP contribution is 2.41. The number of pyridine rings is 4. The van der Waals surface area contributed by atoms with Crippen molar-refractivity contribution in [3.8, 4) is 22.6 Å². The van der Waals surface area contributed by atoms with E-state index in [9.17, 15) is 47.9 Å². The van der Waals surface area contributed by atoms with Gasteiger partial charge in [0.1, 0.15) is 40.1 Å². The molecular weight excluding hydrogens is 1300 g/mol. The van der Waals surface area contributed by atoms with Gasteiger partial charge in [0.2, 0.25) is 0 Å². The van der Waals surface area contributed by atoms with E-state index in [1.54, 1.807) is 118 Å². The van der Waals surface area contributed by atoms with Gasteiger partial charge in [0, 0.05) is 77.2 Å². The fourth-order valence-corrected chi connectivity index (χ4v) is 10.9. The average molecular weight is 1360 g/mol. The highest BCUT2D eigenvalue weighted by molar-refractivity contribution is 9.11. The summed E-state index contributed by atoms with van der Waals surface area (Å²) in [4.78, 5) is 106. The zero-order chi connectivity index (χ0) is 62.7. The van der Waals surface area contributed by atoms with Crippen LogP contribution in [-0.2, 0) is 38.5 Å². The van der Waals surface area contributed by atoms with Crippen molar-refractivity contribution in [2.75, 3.05) is 19.7 Å². The number of hydrogen-bond donors (Lipinski definition) is 8. The minimum atomic E-state index is -1.14. The molecule has 0 spiro atoms. The highest BCUT2D eigenvalue weighted by Gasteiger charge is 2.24. The van der Waals surface area contributed by atoms with Crippen LogP contribution in [0.3, 0.4) is 0 Å². The van der Waals surface area contributed by atoms with E-state index in [2.05, 4.69) is 78.4 Å². The monoisotopic (exact) mass is 1360 g/mol. The molecule has 2 amide bonds. The van der Waals surface area contributed by atoms with E-state index in [4.69, 9.17) is 14.6 Å². The summed E-state index contributed by atoms with van der Waals surface area (Å²) in [5, 5.41) is 26.6. The molecule has 446 valence electrons. The summed E-state index contributed by atoms with van der Waals surface area (Å²) in [5.41, 5.74) is 4.39. The lowest BCUT2D eigenvalue weighted by atomic mass is 9.93. The number of H-pyrrole nitrogens is 4. The first kappa shape index (κ1) is 64.0. The number of carboxylic acid groups (broad SMARTS) is 1. The van der Waals surface area contributed by atoms with Crippen LogP contribution in [0.25, 0.3) is 54.7 Å². The second-order valence-electron chi connectivity index (χ2n) is 20.0. The number of aromatic amines is 4. The van der Waals surface area contributed by atoms with Gasteiger partial charge in [-0.15, -0.1) is 0 Å². The molecule has 10 rings (SSSR count). The summed E-state index contributed by atoms with van der Waals surface area (Å²) in [6.45, 7) is 13.6. The Morgan fingerprint density at radius 3 is 1.39 bits per heavy atom. The van der Waals surface area contributed by atoms with Crippen LogP contribution in [0, 0.1) is 19.7 Å². The van der Waals surface area contributed by atoms with Gasteiger partial charge in [0.25, 0.3) is 34.1 Å². The van der Waals surface area contributed by atoms with Gasteiger partial charge in [0.05, 0.1) is 69.2 Å². The third-order valence-electron chi connectivity index (χ3n) is 13.2. The van der Waals surface area contributed by atoms with Crippen LogP contribution in [0.4, 0.5) is 4.39 Å². The maximum Gasteiger partial charge on any atom is 0.354 e. The average Bonchev–Trinajstić information content (AvgIpc) is 2.30. The van der Waals surface area contributed by atoms with Crippen LogP contribution in [0.2, 0.25) is 0 Å². The van der Waals surface area contributed by atoms with Crippen LogP contribution < -0.4 is 37.6 Å². The van der Waals surface area contributed by atoms with Gasteiger partial charge in [-0.05, 0) is 161 Å². The minimum Gasteiger partial charge on any atom is -0.477 e. The Morgan fingerprint density at radius 2 is 0.965 bits per heavy atom. The lowest BCUT2D eigenvalue weighted by Crippen LogP contribution is -2.22. The van der Waals surface area contributed by atoms with Crippen molar-refractivity contribution < 1.29 is 43.3 Å². The largest absolute Gasteiger partial charge is 0.477 e. The van der Waals surface area contributed by atoms with E-state index in [0.29, 0.717) is 113 Å². The van der Waals surface area contributed by atoms with Gasteiger partial charge in [0.15, 0.2) is 0 Å². The number of nitrogens with one attached hydrogen (secondary N) is 6. The third kappa shape index (κ3) is 13.8. The molecule has 0 bridgehead atoms. The number of carboxylic acids is 1. The predicted octanol–water partition coefficient (Wildman–Crippen LogP) is 9.57. The maximum absolute atomic E-state index is 13.9. The van der Waals surface area contributed by atoms with E-state index >= 15 is 0 Å². The number of aryl methyl sites for hydroxylation is 6. The number of esters is 1. The van der Waals surface area contributed by atoms with Crippen molar-refractivity contribution in [3.05, 3.63) is 180 Å². The van der Waals surface area contributed by atoms with Crippen LogP contribution in [0.15, 0.2) is 112 Å². The fraction of sp³-hybridized carbons (Fsp3) is 0.254. The lowest BCUT2D eigenvalue weighted by Gasteiger charge is -2.22. The minimum absolute atomic E-state index is 0.00833. The van der Waals surface area contributed by atoms with Gasteiger partial charge in [-0.25, -0.2) is 14.0 Å². The van der Waals surface area contributed by atoms with Gasteiger partial charge < -0.3 is 68.5 Å². The number of fused-ring (bicyclic) bond motifs is 4. The summed E-state index contributed by atoms with van der Waals surface area (Å²) in [5.74, 6) is -1.45. The summed E-state index contributed by atoms with van der Waals surface area (Å²) in [6.07, 6.45) is 6.58. The van der Waals surface area contributed by atoms with E-state index < -0.39 is 17.5 Å². The molecular formula is C59H60Br3FN10O12. The van der Waals surface area contributed by atoms with Gasteiger partial charge in [-0.2, -0.15) is 0 Å². The normalized spacial score (nSPS) is 11.2. The van der Waals surface area contributed by atoms with Crippen molar-refractivity contribution in [1.29, 1.82) is 0 Å². The van der Waals surface area contributed by atoms with E-state index in [-0.39, 0.29) is 57.0 Å². The Hall–Kier alpha value is -8.59. The Balaban J connectivity index is 0.000000177. The number of carbonyl (C=O) groups excluding carboxylic acids is 3. The van der Waals surface area contributed by atoms with Gasteiger partial charge in [-0.3, -0.25) is 28.8 Å². The number of ether oxygens (including phenoxy) is 2. The molecule has 0 aliphatic rings. The molecule has 0 aliphatic carbocycles. The van der Waals surface area contributed by atoms with Crippen LogP contribution in [-0.4, -0.2) is 91.9 Å². The zero-order valence-electron chi connectivity index (χ0n) is 47.9. The molecule has 0 aliphatic heterocycles. The molecule has 0 fully saturated rings. The summed E-state index contributed by atoms with van der Waals surface area (Å²) in [6, 6.07) is 14.1. The molecule has 0 saturated carbocycles. The first-order valence-electron chi connectivity index (χ1n) is 26.1. The van der Waals surface area contributed by atoms with E-state index in [0.717, 1.165) is 8.95 Å². The SMILES string of the molecule is CCNC(=O)c1cc2c(=O)n(C)cc(-c3cc(C(C)(C)O)ccc3Oc3c(C)cc(F)cc3C)c2[nH]1.CCNC(=O)c1cc2c(=O)n(C)cc(Br)c2[nH]1.CCOC(=O)c1cc2c(=O)n(C)cc(Br)c2[nH]1.Cn1cc(Br)c2[nH]c(C(=O)O)cc2c1=O. The smallest absolute Gasteiger partial charge is 0.354 e. The number of nitrogens with zero attached hydrogens (tertiary/aromatic N) is 4. The quantitative estimate of drug-likeness (QED) is 0.0562. The molecule has 0 atom stereocenters. The Kier molecular flexibility index (Phi) is 19.7. The van der Waals surface area contributed by atoms with Crippen molar-refractivity contribution in [1.82, 2.24) is 48.8 Å². The topological polar surface area (TPSA) is 302 Å². The molecule has 8 aromatic heterocycles. The highest BCUT2D eigenvalue weighted by atomic mass is 79.9. The lowest BCUT2D eigenvalue weighted by molar-refractivity contribution is 0.0519. The second-order valence-corrected chi connectivity index (χ2v) is 22.6. The first-order valence-corrected chi connectivity index (χ1v) is 28.5. The Labute approximate surface area is 508 Å². The number of benzene rings is 2. The molecule has 22 nitrogen and oxygen atoms in total. The number of halogens is 4. The molecule has 10 aromatic rings. The van der Waals surface area contributed by atoms with Gasteiger partial charge >= 0.3 is 11.9 Å². The number of amides is 2. The van der Waals surface area contributed by atoms with Crippen molar-refractivity contribution >= 4 is 115 Å².